The van der Waals surface area contributed by atoms with Gasteiger partial charge >= 0.3 is 0 Å². The van der Waals surface area contributed by atoms with Crippen molar-refractivity contribution in [2.24, 2.45) is 23.5 Å². The molecule has 2 unspecified atom stereocenters. The molecule has 116 valence electrons. The number of carbonyl (C=O) groups excluding carboxylic acids is 2. The quantitative estimate of drug-likeness (QED) is 0.719. The molecule has 0 radical (unpaired) electrons. The molecule has 1 aromatic carbocycles. The molecule has 5 nitrogen and oxygen atoms in total. The summed E-state index contributed by atoms with van der Waals surface area (Å²) in [4.78, 5) is 28.7. The highest BCUT2D eigenvalue weighted by Crippen LogP contribution is 2.20. The third kappa shape index (κ3) is 5.95. The van der Waals surface area contributed by atoms with Gasteiger partial charge < -0.3 is 5.73 Å². The molecule has 0 heterocycles. The third-order valence-corrected chi connectivity index (χ3v) is 3.36. The van der Waals surface area contributed by atoms with Crippen LogP contribution in [0.4, 0.5) is 0 Å². The second-order valence-corrected chi connectivity index (χ2v) is 5.67. The fraction of sp³-hybridized carbons (Fsp3) is 0.500. The lowest BCUT2D eigenvalue weighted by Gasteiger charge is -2.21. The molecule has 0 aliphatic rings. The van der Waals surface area contributed by atoms with E-state index in [4.69, 9.17) is 10.6 Å². The normalized spacial score (nSPS) is 13.7. The Balaban J connectivity index is 2.47. The third-order valence-electron chi connectivity index (χ3n) is 3.36. The Bertz CT molecular complexity index is 460. The van der Waals surface area contributed by atoms with Gasteiger partial charge in [-0.1, -0.05) is 51.1 Å². The fourth-order valence-electron chi connectivity index (χ4n) is 2.11. The van der Waals surface area contributed by atoms with E-state index in [2.05, 4.69) is 5.48 Å². The van der Waals surface area contributed by atoms with E-state index in [1.54, 1.807) is 6.92 Å². The van der Waals surface area contributed by atoms with Crippen molar-refractivity contribution in [1.29, 1.82) is 0 Å². The van der Waals surface area contributed by atoms with E-state index in [1.807, 2.05) is 44.2 Å². The van der Waals surface area contributed by atoms with Gasteiger partial charge in [0.15, 0.2) is 0 Å². The predicted molar refractivity (Wildman–Crippen MR) is 80.7 cm³/mol. The number of primary amides is 1. The zero-order chi connectivity index (χ0) is 15.8. The van der Waals surface area contributed by atoms with Crippen LogP contribution in [0.3, 0.4) is 0 Å². The molecule has 1 aromatic rings. The van der Waals surface area contributed by atoms with Crippen LogP contribution in [-0.4, -0.2) is 11.8 Å². The molecule has 0 spiro atoms. The zero-order valence-corrected chi connectivity index (χ0v) is 12.8. The van der Waals surface area contributed by atoms with Gasteiger partial charge in [-0.3, -0.25) is 14.4 Å². The van der Waals surface area contributed by atoms with Gasteiger partial charge in [-0.05, 0) is 17.9 Å². The van der Waals surface area contributed by atoms with E-state index < -0.39 is 17.7 Å². The van der Waals surface area contributed by atoms with Crippen LogP contribution in [0.25, 0.3) is 0 Å². The van der Waals surface area contributed by atoms with E-state index in [0.29, 0.717) is 12.3 Å². The topological polar surface area (TPSA) is 81.4 Å². The Labute approximate surface area is 125 Å². The number of rotatable bonds is 8. The summed E-state index contributed by atoms with van der Waals surface area (Å²) in [6.07, 6.45) is 0.586. The van der Waals surface area contributed by atoms with Crippen molar-refractivity contribution >= 4 is 11.8 Å². The van der Waals surface area contributed by atoms with Crippen molar-refractivity contribution in [3.63, 3.8) is 0 Å². The van der Waals surface area contributed by atoms with Gasteiger partial charge in [0.25, 0.3) is 0 Å². The molecule has 0 saturated heterocycles. The number of benzene rings is 1. The number of hydroxylamine groups is 1. The average Bonchev–Trinajstić information content (AvgIpc) is 2.44. The van der Waals surface area contributed by atoms with Crippen molar-refractivity contribution < 1.29 is 14.4 Å². The highest BCUT2D eigenvalue weighted by Gasteiger charge is 2.29. The van der Waals surface area contributed by atoms with Gasteiger partial charge in [0.05, 0.1) is 6.61 Å². The van der Waals surface area contributed by atoms with E-state index in [9.17, 15) is 9.59 Å². The molecular weight excluding hydrogens is 268 g/mol. The largest absolute Gasteiger partial charge is 0.369 e. The van der Waals surface area contributed by atoms with Crippen molar-refractivity contribution in [2.45, 2.75) is 33.8 Å². The van der Waals surface area contributed by atoms with Crippen LogP contribution in [0, 0.1) is 17.8 Å². The number of carbonyl (C=O) groups is 2. The van der Waals surface area contributed by atoms with Crippen LogP contribution < -0.4 is 11.2 Å². The summed E-state index contributed by atoms with van der Waals surface area (Å²) in [6, 6.07) is 9.51. The zero-order valence-electron chi connectivity index (χ0n) is 12.8. The van der Waals surface area contributed by atoms with Crippen LogP contribution in [0.1, 0.15) is 32.8 Å². The molecule has 5 heteroatoms. The Hall–Kier alpha value is -1.88. The Morgan fingerprint density at radius 2 is 1.81 bits per heavy atom. The fourth-order valence-corrected chi connectivity index (χ4v) is 2.11. The van der Waals surface area contributed by atoms with Crippen LogP contribution in [0.15, 0.2) is 30.3 Å². The molecular formula is C16H24N2O3. The summed E-state index contributed by atoms with van der Waals surface area (Å²) < 4.78 is 0. The van der Waals surface area contributed by atoms with Gasteiger partial charge in [-0.2, -0.15) is 0 Å². The SMILES string of the molecule is CC(C)CC(C(N)=O)C(C)C(=O)NOCc1ccccc1. The molecule has 0 aromatic heterocycles. The smallest absolute Gasteiger partial charge is 0.247 e. The Kier molecular flexibility index (Phi) is 6.88. The van der Waals surface area contributed by atoms with E-state index >= 15 is 0 Å². The summed E-state index contributed by atoms with van der Waals surface area (Å²) in [5.41, 5.74) is 8.73. The van der Waals surface area contributed by atoms with Gasteiger partial charge in [0.1, 0.15) is 0 Å². The number of nitrogens with two attached hydrogens (primary N) is 1. The van der Waals surface area contributed by atoms with E-state index in [-0.39, 0.29) is 12.5 Å². The molecule has 0 saturated carbocycles. The van der Waals surface area contributed by atoms with E-state index in [1.165, 1.54) is 0 Å². The number of nitrogens with one attached hydrogen (secondary N) is 1. The Morgan fingerprint density at radius 1 is 1.19 bits per heavy atom. The summed E-state index contributed by atoms with van der Waals surface area (Å²) in [6.45, 7) is 5.96. The lowest BCUT2D eigenvalue weighted by Crippen LogP contribution is -2.39. The van der Waals surface area contributed by atoms with Gasteiger partial charge in [0.2, 0.25) is 11.8 Å². The first-order valence-corrected chi connectivity index (χ1v) is 7.16. The first-order chi connectivity index (χ1) is 9.91. The molecule has 2 amide bonds. The summed E-state index contributed by atoms with van der Waals surface area (Å²) in [5.74, 6) is -1.47. The molecule has 3 N–H and O–H groups in total. The van der Waals surface area contributed by atoms with Crippen LogP contribution >= 0.6 is 0 Å². The maximum Gasteiger partial charge on any atom is 0.247 e. The number of amides is 2. The van der Waals surface area contributed by atoms with E-state index in [0.717, 1.165) is 5.56 Å². The van der Waals surface area contributed by atoms with Crippen LogP contribution in [0.5, 0.6) is 0 Å². The summed E-state index contributed by atoms with van der Waals surface area (Å²) in [5, 5.41) is 0. The molecule has 0 bridgehead atoms. The maximum atomic E-state index is 12.0. The van der Waals surface area contributed by atoms with Gasteiger partial charge in [0, 0.05) is 11.8 Å². The minimum Gasteiger partial charge on any atom is -0.369 e. The van der Waals surface area contributed by atoms with Crippen molar-refractivity contribution in [1.82, 2.24) is 5.48 Å². The molecule has 21 heavy (non-hydrogen) atoms. The predicted octanol–water partition coefficient (Wildman–Crippen LogP) is 2.02. The highest BCUT2D eigenvalue weighted by molar-refractivity contribution is 5.86. The standard InChI is InChI=1S/C16H24N2O3/c1-11(2)9-14(15(17)19)12(3)16(20)18-21-10-13-7-5-4-6-8-13/h4-8,11-12,14H,9-10H2,1-3H3,(H2,17,19)(H,18,20). The maximum absolute atomic E-state index is 12.0. The molecule has 0 aliphatic heterocycles. The van der Waals surface area contributed by atoms with Crippen LogP contribution in [0.2, 0.25) is 0 Å². The lowest BCUT2D eigenvalue weighted by atomic mass is 9.85. The lowest BCUT2D eigenvalue weighted by molar-refractivity contribution is -0.143. The van der Waals surface area contributed by atoms with Crippen molar-refractivity contribution in [2.75, 3.05) is 0 Å². The van der Waals surface area contributed by atoms with Crippen molar-refractivity contribution in [3.05, 3.63) is 35.9 Å². The highest BCUT2D eigenvalue weighted by atomic mass is 16.6. The van der Waals surface area contributed by atoms with Gasteiger partial charge in [-0.25, -0.2) is 5.48 Å². The summed E-state index contributed by atoms with van der Waals surface area (Å²) in [7, 11) is 0. The van der Waals surface area contributed by atoms with Crippen LogP contribution in [-0.2, 0) is 21.0 Å². The molecule has 0 aliphatic carbocycles. The average molecular weight is 292 g/mol. The Morgan fingerprint density at radius 3 is 2.33 bits per heavy atom. The minimum atomic E-state index is -0.513. The summed E-state index contributed by atoms with van der Waals surface area (Å²) >= 11 is 0. The first kappa shape index (κ1) is 17.2. The molecule has 1 rings (SSSR count). The second-order valence-electron chi connectivity index (χ2n) is 5.67. The minimum absolute atomic E-state index is 0.282. The first-order valence-electron chi connectivity index (χ1n) is 7.16. The number of hydrogen-bond acceptors (Lipinski definition) is 3. The molecule has 2 atom stereocenters. The monoisotopic (exact) mass is 292 g/mol. The number of hydrogen-bond donors (Lipinski definition) is 2. The van der Waals surface area contributed by atoms with Crippen molar-refractivity contribution in [3.8, 4) is 0 Å². The van der Waals surface area contributed by atoms with Gasteiger partial charge in [-0.15, -0.1) is 0 Å². The molecule has 0 fully saturated rings. The second kappa shape index (κ2) is 8.42.